The highest BCUT2D eigenvalue weighted by atomic mass is 35.5. The number of carbonyl (C=O) groups is 1. The highest BCUT2D eigenvalue weighted by Crippen LogP contribution is 2.26. The van der Waals surface area contributed by atoms with E-state index in [1.54, 1.807) is 0 Å². The Hall–Kier alpha value is -2.48. The van der Waals surface area contributed by atoms with Gasteiger partial charge in [0.1, 0.15) is 24.7 Å². The van der Waals surface area contributed by atoms with E-state index in [0.29, 0.717) is 18.2 Å². The molecule has 2 aromatic rings. The molecule has 1 aromatic carbocycles. The molecular weight excluding hydrogens is 503 g/mol. The molecule has 0 unspecified atom stereocenters. The number of nitrogens with two attached hydrogens (primary N) is 2. The smallest absolute Gasteiger partial charge is 0.354 e. The van der Waals surface area contributed by atoms with Gasteiger partial charge in [-0.2, -0.15) is 4.98 Å². The van der Waals surface area contributed by atoms with Crippen molar-refractivity contribution in [3.05, 3.63) is 46.6 Å². The second kappa shape index (κ2) is 14.2. The van der Waals surface area contributed by atoms with Crippen molar-refractivity contribution in [2.45, 2.75) is 37.3 Å². The molecule has 3 rings (SSSR count). The second-order valence-corrected chi connectivity index (χ2v) is 8.46. The first kappa shape index (κ1) is 28.8. The molecule has 0 aliphatic carbocycles. The van der Waals surface area contributed by atoms with Gasteiger partial charge in [0.2, 0.25) is 5.95 Å². The van der Waals surface area contributed by atoms with Crippen LogP contribution in [0.2, 0.25) is 0 Å². The van der Waals surface area contributed by atoms with Gasteiger partial charge in [-0.1, -0.05) is 12.1 Å². The molecule has 1 fully saturated rings. The van der Waals surface area contributed by atoms with Crippen molar-refractivity contribution in [1.82, 2.24) is 14.5 Å². The van der Waals surface area contributed by atoms with E-state index < -0.39 is 36.1 Å². The molecular formula is C21H30Cl2N6O6. The van der Waals surface area contributed by atoms with Crippen LogP contribution in [0.15, 0.2) is 35.4 Å². The molecule has 0 spiro atoms. The normalized spacial score (nSPS) is 20.1. The number of anilines is 2. The van der Waals surface area contributed by atoms with E-state index in [4.69, 9.17) is 49.6 Å². The Morgan fingerprint density at radius 3 is 2.37 bits per heavy atom. The summed E-state index contributed by atoms with van der Waals surface area (Å²) < 4.78 is 6.41. The third-order valence-electron chi connectivity index (χ3n) is 5.22. The summed E-state index contributed by atoms with van der Waals surface area (Å²) in [6.45, 7) is 1.15. The molecule has 7 N–H and O–H groups in total. The van der Waals surface area contributed by atoms with E-state index in [1.807, 2.05) is 24.3 Å². The van der Waals surface area contributed by atoms with E-state index >= 15 is 0 Å². The lowest BCUT2D eigenvalue weighted by molar-refractivity contribution is -0.138. The van der Waals surface area contributed by atoms with Gasteiger partial charge in [-0.15, -0.1) is 23.2 Å². The molecule has 194 valence electrons. The summed E-state index contributed by atoms with van der Waals surface area (Å²) in [5.74, 6) is -0.0427. The minimum atomic E-state index is -0.991. The molecule has 2 heterocycles. The fourth-order valence-corrected chi connectivity index (χ4v) is 3.77. The maximum atomic E-state index is 11.4. The molecule has 12 nitrogen and oxygen atoms in total. The summed E-state index contributed by atoms with van der Waals surface area (Å²) in [5, 5.41) is 27.2. The molecule has 0 bridgehead atoms. The lowest BCUT2D eigenvalue weighted by Gasteiger charge is -2.23. The molecule has 35 heavy (non-hydrogen) atoms. The van der Waals surface area contributed by atoms with Crippen LogP contribution in [0.3, 0.4) is 0 Å². The second-order valence-electron chi connectivity index (χ2n) is 7.70. The van der Waals surface area contributed by atoms with E-state index in [0.717, 1.165) is 28.9 Å². The number of halogens is 2. The number of aromatic nitrogens is 3. The van der Waals surface area contributed by atoms with Crippen LogP contribution < -0.4 is 22.1 Å². The molecule has 4 atom stereocenters. The fourth-order valence-electron chi connectivity index (χ4n) is 3.36. The molecule has 1 aliphatic heterocycles. The number of ether oxygens (including phenoxy) is 1. The van der Waals surface area contributed by atoms with Crippen LogP contribution in [0, 0.1) is 0 Å². The Kier molecular flexibility index (Phi) is 11.6. The van der Waals surface area contributed by atoms with Crippen molar-refractivity contribution >= 4 is 40.8 Å². The predicted molar refractivity (Wildman–Crippen MR) is 132 cm³/mol. The van der Waals surface area contributed by atoms with Crippen molar-refractivity contribution in [2.24, 2.45) is 5.73 Å². The Bertz CT molecular complexity index is 989. The van der Waals surface area contributed by atoms with E-state index in [2.05, 4.69) is 14.9 Å². The third-order valence-corrected chi connectivity index (χ3v) is 5.56. The molecule has 0 saturated carbocycles. The topological polar surface area (TPSA) is 190 Å². The summed E-state index contributed by atoms with van der Waals surface area (Å²) in [5.41, 5.74) is 12.1. The van der Waals surface area contributed by atoms with Gasteiger partial charge < -0.3 is 36.4 Å². The highest BCUT2D eigenvalue weighted by molar-refractivity contribution is 6.18. The van der Waals surface area contributed by atoms with Gasteiger partial charge in [0.15, 0.2) is 0 Å². The van der Waals surface area contributed by atoms with Crippen LogP contribution in [-0.2, 0) is 16.0 Å². The summed E-state index contributed by atoms with van der Waals surface area (Å²) in [6, 6.07) is 6.76. The minimum Gasteiger partial charge on any atom is -0.480 e. The lowest BCUT2D eigenvalue weighted by atomic mass is 10.1. The summed E-state index contributed by atoms with van der Waals surface area (Å²) in [6.07, 6.45) is -0.421. The molecule has 1 aliphatic rings. The average molecular weight is 533 g/mol. The van der Waals surface area contributed by atoms with Crippen molar-refractivity contribution in [2.75, 3.05) is 42.1 Å². The minimum absolute atomic E-state index is 0.112. The Balaban J connectivity index is 0.000000250. The number of nitrogen functional groups attached to an aromatic ring is 1. The average Bonchev–Trinajstić information content (AvgIpc) is 3.20. The number of carboxylic acids is 1. The first-order chi connectivity index (χ1) is 16.7. The number of benzene rings is 1. The van der Waals surface area contributed by atoms with E-state index in [9.17, 15) is 14.7 Å². The zero-order valence-electron chi connectivity index (χ0n) is 18.9. The van der Waals surface area contributed by atoms with Crippen molar-refractivity contribution < 1.29 is 24.9 Å². The van der Waals surface area contributed by atoms with Crippen LogP contribution in [0.5, 0.6) is 0 Å². The highest BCUT2D eigenvalue weighted by Gasteiger charge is 2.35. The van der Waals surface area contributed by atoms with Crippen LogP contribution >= 0.6 is 23.2 Å². The van der Waals surface area contributed by atoms with Crippen LogP contribution in [-0.4, -0.2) is 85.5 Å². The monoisotopic (exact) mass is 532 g/mol. The van der Waals surface area contributed by atoms with Gasteiger partial charge in [-0.25, -0.2) is 9.78 Å². The number of aliphatic hydroxyl groups excluding tert-OH is 2. The Morgan fingerprint density at radius 2 is 1.89 bits per heavy atom. The largest absolute Gasteiger partial charge is 0.480 e. The Labute approximate surface area is 212 Å². The maximum absolute atomic E-state index is 11.4. The first-order valence-electron chi connectivity index (χ1n) is 10.8. The number of alkyl halides is 2. The number of rotatable bonds is 10. The van der Waals surface area contributed by atoms with Gasteiger partial charge in [0.25, 0.3) is 0 Å². The number of aliphatic carboxylic acids is 1. The number of carboxylic acid groups (broad SMARTS) is 1. The van der Waals surface area contributed by atoms with Gasteiger partial charge in [0.05, 0.1) is 12.7 Å². The fraction of sp³-hybridized carbons (Fsp3) is 0.524. The van der Waals surface area contributed by atoms with Crippen molar-refractivity contribution in [3.63, 3.8) is 0 Å². The number of nitrogens with zero attached hydrogens (tertiary/aromatic N) is 4. The van der Waals surface area contributed by atoms with Gasteiger partial charge in [-0.3, -0.25) is 9.36 Å². The Morgan fingerprint density at radius 1 is 1.26 bits per heavy atom. The van der Waals surface area contributed by atoms with E-state index in [1.165, 1.54) is 6.33 Å². The van der Waals surface area contributed by atoms with Crippen molar-refractivity contribution in [3.8, 4) is 0 Å². The zero-order valence-corrected chi connectivity index (χ0v) is 20.4. The van der Waals surface area contributed by atoms with Crippen LogP contribution in [0.4, 0.5) is 11.6 Å². The molecule has 0 radical (unpaired) electrons. The zero-order chi connectivity index (χ0) is 26.0. The van der Waals surface area contributed by atoms with Crippen molar-refractivity contribution in [1.29, 1.82) is 0 Å². The first-order valence-corrected chi connectivity index (χ1v) is 11.9. The maximum Gasteiger partial charge on any atom is 0.354 e. The third kappa shape index (κ3) is 8.60. The number of hydrogen-bond acceptors (Lipinski definition) is 10. The van der Waals surface area contributed by atoms with Gasteiger partial charge in [-0.05, 0) is 24.1 Å². The summed E-state index contributed by atoms with van der Waals surface area (Å²) in [7, 11) is 0. The molecule has 1 aromatic heterocycles. The standard InChI is InChI=1S/C13H18Cl2N2O2.C8H12N4O4/c14-5-7-17(8-6-15)11-3-1-10(2-4-11)9-12(16)13(18)19;9-7-10-3-12(8(15)11-7)6-1-4(14)5(2-13)16-6/h1-4,12H,5-9,16H2,(H,18,19);3-6,13-14H,1-2H2,(H2,9,11,15)/t12-;4-,5+,6+/m00/s1. The van der Waals surface area contributed by atoms with Gasteiger partial charge in [0, 0.05) is 37.0 Å². The molecule has 0 amide bonds. The number of hydrogen-bond donors (Lipinski definition) is 5. The van der Waals surface area contributed by atoms with Crippen LogP contribution in [0.1, 0.15) is 18.2 Å². The summed E-state index contributed by atoms with van der Waals surface area (Å²) in [4.78, 5) is 31.3. The van der Waals surface area contributed by atoms with E-state index in [-0.39, 0.29) is 19.0 Å². The number of aliphatic hydroxyl groups is 2. The predicted octanol–water partition coefficient (Wildman–Crippen LogP) is -0.214. The molecule has 14 heteroatoms. The summed E-state index contributed by atoms with van der Waals surface area (Å²) >= 11 is 11.5. The lowest BCUT2D eigenvalue weighted by Crippen LogP contribution is -2.32. The molecule has 1 saturated heterocycles. The van der Waals surface area contributed by atoms with Crippen LogP contribution in [0.25, 0.3) is 0 Å². The van der Waals surface area contributed by atoms with Gasteiger partial charge >= 0.3 is 11.7 Å². The quantitative estimate of drug-likeness (QED) is 0.254. The SMILES string of the molecule is N[C@@H](Cc1ccc(N(CCCl)CCCl)cc1)C(=O)O.Nc1ncn([C@H]2C[C@H](O)[C@@H](CO)O2)c(=O)n1.